The predicted molar refractivity (Wildman–Crippen MR) is 98.8 cm³/mol. The molecule has 1 aliphatic rings. The average Bonchev–Trinajstić information content (AvgIpc) is 3.17. The molecule has 0 saturated carbocycles. The van der Waals surface area contributed by atoms with Crippen LogP contribution in [0, 0.1) is 0 Å². The summed E-state index contributed by atoms with van der Waals surface area (Å²) in [6.07, 6.45) is 4.33. The van der Waals surface area contributed by atoms with Gasteiger partial charge in [0.15, 0.2) is 9.84 Å². The largest absolute Gasteiger partial charge is 0.351 e. The molecule has 1 aliphatic heterocycles. The molecule has 1 aromatic carbocycles. The van der Waals surface area contributed by atoms with Crippen LogP contribution >= 0.6 is 0 Å². The van der Waals surface area contributed by atoms with E-state index in [0.29, 0.717) is 23.6 Å². The maximum Gasteiger partial charge on any atom is 0.271 e. The Balaban J connectivity index is 1.46. The molecule has 140 valence electrons. The molecular weight excluding hydrogens is 352 g/mol. The summed E-state index contributed by atoms with van der Waals surface area (Å²) in [5.74, 6) is -0.274. The topological polar surface area (TPSA) is 93.1 Å². The summed E-state index contributed by atoms with van der Waals surface area (Å²) in [7, 11) is -3.31. The number of nitrogens with one attached hydrogen (secondary N) is 2. The smallest absolute Gasteiger partial charge is 0.271 e. The Kier molecular flexibility index (Phi) is 6.05. The van der Waals surface area contributed by atoms with Crippen molar-refractivity contribution in [1.82, 2.24) is 20.4 Å². The lowest BCUT2D eigenvalue weighted by atomic mass is 10.1. The van der Waals surface area contributed by atoms with Crippen LogP contribution in [-0.2, 0) is 9.84 Å². The second kappa shape index (κ2) is 8.46. The van der Waals surface area contributed by atoms with Gasteiger partial charge in [0.25, 0.3) is 5.91 Å². The van der Waals surface area contributed by atoms with Crippen LogP contribution in [-0.4, -0.2) is 49.5 Å². The highest BCUT2D eigenvalue weighted by Gasteiger charge is 2.18. The predicted octanol–water partition coefficient (Wildman–Crippen LogP) is 1.40. The van der Waals surface area contributed by atoms with E-state index in [0.717, 1.165) is 25.9 Å². The highest BCUT2D eigenvalue weighted by atomic mass is 32.2. The summed E-state index contributed by atoms with van der Waals surface area (Å²) in [5.41, 5.74) is 0.362. The van der Waals surface area contributed by atoms with Gasteiger partial charge in [-0.1, -0.05) is 18.2 Å². The quantitative estimate of drug-likeness (QED) is 0.713. The Labute approximate surface area is 153 Å². The fourth-order valence-corrected chi connectivity index (χ4v) is 4.35. The van der Waals surface area contributed by atoms with Crippen molar-refractivity contribution in [3.05, 3.63) is 48.3 Å². The molecule has 7 nitrogen and oxygen atoms in total. The van der Waals surface area contributed by atoms with Gasteiger partial charge in [-0.25, -0.2) is 8.42 Å². The first-order chi connectivity index (χ1) is 12.6. The number of aromatic nitrogens is 2. The van der Waals surface area contributed by atoms with Gasteiger partial charge in [-0.3, -0.25) is 9.48 Å². The minimum Gasteiger partial charge on any atom is -0.351 e. The van der Waals surface area contributed by atoms with Crippen LogP contribution in [0.2, 0.25) is 0 Å². The van der Waals surface area contributed by atoms with Crippen LogP contribution in [0.4, 0.5) is 0 Å². The third-order valence-corrected chi connectivity index (χ3v) is 6.28. The van der Waals surface area contributed by atoms with Crippen molar-refractivity contribution in [2.75, 3.05) is 25.4 Å². The third kappa shape index (κ3) is 4.70. The van der Waals surface area contributed by atoms with E-state index in [4.69, 9.17) is 0 Å². The Bertz CT molecular complexity index is 827. The fourth-order valence-electron chi connectivity index (χ4n) is 3.02. The van der Waals surface area contributed by atoms with Gasteiger partial charge in [0, 0.05) is 19.3 Å². The summed E-state index contributed by atoms with van der Waals surface area (Å²) in [6, 6.07) is 10.3. The minimum absolute atomic E-state index is 0.000519. The number of hydrogen-bond acceptors (Lipinski definition) is 5. The first kappa shape index (κ1) is 18.6. The lowest BCUT2D eigenvalue weighted by Gasteiger charge is -2.22. The van der Waals surface area contributed by atoms with Gasteiger partial charge in [-0.05, 0) is 44.0 Å². The molecule has 1 amide bonds. The molecule has 1 saturated heterocycles. The molecule has 2 heterocycles. The van der Waals surface area contributed by atoms with Crippen molar-refractivity contribution < 1.29 is 13.2 Å². The minimum atomic E-state index is -3.31. The van der Waals surface area contributed by atoms with Crippen LogP contribution < -0.4 is 10.6 Å². The van der Waals surface area contributed by atoms with Crippen LogP contribution in [0.25, 0.3) is 0 Å². The van der Waals surface area contributed by atoms with Crippen molar-refractivity contribution in [2.45, 2.75) is 30.2 Å². The van der Waals surface area contributed by atoms with Gasteiger partial charge >= 0.3 is 0 Å². The second-order valence-corrected chi connectivity index (χ2v) is 8.53. The van der Waals surface area contributed by atoms with E-state index in [1.807, 2.05) is 10.9 Å². The number of carbonyl (C=O) groups is 1. The molecule has 8 heteroatoms. The van der Waals surface area contributed by atoms with Crippen molar-refractivity contribution in [3.8, 4) is 0 Å². The van der Waals surface area contributed by atoms with Crippen molar-refractivity contribution in [3.63, 3.8) is 0 Å². The van der Waals surface area contributed by atoms with E-state index in [-0.39, 0.29) is 17.7 Å². The van der Waals surface area contributed by atoms with Crippen LogP contribution in [0.5, 0.6) is 0 Å². The highest BCUT2D eigenvalue weighted by Crippen LogP contribution is 2.15. The van der Waals surface area contributed by atoms with E-state index in [2.05, 4.69) is 15.7 Å². The third-order valence-electron chi connectivity index (χ3n) is 4.46. The molecule has 1 fully saturated rings. The monoisotopic (exact) mass is 376 g/mol. The molecule has 2 aromatic rings. The molecule has 0 aliphatic carbocycles. The van der Waals surface area contributed by atoms with Crippen LogP contribution in [0.1, 0.15) is 35.8 Å². The maximum absolute atomic E-state index is 12.2. The molecule has 0 radical (unpaired) electrons. The molecule has 2 N–H and O–H groups in total. The fraction of sp³-hybridized carbons (Fsp3) is 0.444. The first-order valence-corrected chi connectivity index (χ1v) is 10.5. The Hall–Kier alpha value is -2.19. The van der Waals surface area contributed by atoms with Gasteiger partial charge in [-0.15, -0.1) is 0 Å². The van der Waals surface area contributed by atoms with Gasteiger partial charge in [0.1, 0.15) is 5.69 Å². The lowest BCUT2D eigenvalue weighted by Crippen LogP contribution is -2.32. The molecule has 1 unspecified atom stereocenters. The molecule has 0 spiro atoms. The lowest BCUT2D eigenvalue weighted by molar-refractivity contribution is 0.0947. The Morgan fingerprint density at radius 1 is 1.27 bits per heavy atom. The second-order valence-electron chi connectivity index (χ2n) is 6.42. The van der Waals surface area contributed by atoms with Crippen molar-refractivity contribution >= 4 is 15.7 Å². The number of sulfone groups is 1. The standard InChI is InChI=1S/C18H24N4O3S/c23-18(17-9-12-22(21-17)15-6-4-10-19-14-15)20-11-5-13-26(24,25)16-7-2-1-3-8-16/h1-3,7-9,12,15,19H,4-6,10-11,13-14H2,(H,20,23). The Morgan fingerprint density at radius 3 is 2.81 bits per heavy atom. The normalized spacial score (nSPS) is 17.8. The molecule has 3 rings (SSSR count). The number of piperidine rings is 1. The summed E-state index contributed by atoms with van der Waals surface area (Å²) >= 11 is 0. The van der Waals surface area contributed by atoms with E-state index >= 15 is 0 Å². The number of nitrogens with zero attached hydrogens (tertiary/aromatic N) is 2. The zero-order valence-corrected chi connectivity index (χ0v) is 15.4. The molecule has 0 bridgehead atoms. The van der Waals surface area contributed by atoms with E-state index in [9.17, 15) is 13.2 Å². The van der Waals surface area contributed by atoms with Gasteiger partial charge < -0.3 is 10.6 Å². The van der Waals surface area contributed by atoms with E-state index < -0.39 is 9.84 Å². The Morgan fingerprint density at radius 2 is 2.08 bits per heavy atom. The number of benzene rings is 1. The number of carbonyl (C=O) groups excluding carboxylic acids is 1. The van der Waals surface area contributed by atoms with Gasteiger partial charge in [-0.2, -0.15) is 5.10 Å². The SMILES string of the molecule is O=C(NCCCS(=O)(=O)c1ccccc1)c1ccn(C2CCCNC2)n1. The maximum atomic E-state index is 12.2. The summed E-state index contributed by atoms with van der Waals surface area (Å²) in [6.45, 7) is 2.18. The van der Waals surface area contributed by atoms with E-state index in [1.54, 1.807) is 36.4 Å². The zero-order chi connectivity index (χ0) is 18.4. The van der Waals surface area contributed by atoms with Crippen LogP contribution in [0.3, 0.4) is 0 Å². The first-order valence-electron chi connectivity index (χ1n) is 8.88. The molecule has 1 aromatic heterocycles. The molecule has 1 atom stereocenters. The van der Waals surface area contributed by atoms with Crippen LogP contribution in [0.15, 0.2) is 47.5 Å². The number of hydrogen-bond donors (Lipinski definition) is 2. The summed E-state index contributed by atoms with van der Waals surface area (Å²) in [5, 5.41) is 10.4. The van der Waals surface area contributed by atoms with Crippen molar-refractivity contribution in [1.29, 1.82) is 0 Å². The number of rotatable bonds is 7. The highest BCUT2D eigenvalue weighted by molar-refractivity contribution is 7.91. The molecule has 26 heavy (non-hydrogen) atoms. The van der Waals surface area contributed by atoms with E-state index in [1.165, 1.54) is 0 Å². The van der Waals surface area contributed by atoms with Gasteiger partial charge in [0.2, 0.25) is 0 Å². The van der Waals surface area contributed by atoms with Gasteiger partial charge in [0.05, 0.1) is 16.7 Å². The summed E-state index contributed by atoms with van der Waals surface area (Å²) in [4.78, 5) is 12.5. The van der Waals surface area contributed by atoms with Crippen molar-refractivity contribution in [2.24, 2.45) is 0 Å². The summed E-state index contributed by atoms with van der Waals surface area (Å²) < 4.78 is 26.2. The average molecular weight is 376 g/mol. The number of amides is 1. The zero-order valence-electron chi connectivity index (χ0n) is 14.6. The molecular formula is C18H24N4O3S.